The molecule has 0 fully saturated rings. The lowest BCUT2D eigenvalue weighted by Gasteiger charge is -2.19. The van der Waals surface area contributed by atoms with Crippen LogP contribution in [0.3, 0.4) is 0 Å². The summed E-state index contributed by atoms with van der Waals surface area (Å²) in [5.41, 5.74) is 17.9. The Bertz CT molecular complexity index is 2920. The van der Waals surface area contributed by atoms with Crippen LogP contribution in [-0.4, -0.2) is 10.2 Å². The number of ether oxygens (including phenoxy) is 2. The summed E-state index contributed by atoms with van der Waals surface area (Å²) in [6.45, 7) is 0. The Hall–Kier alpha value is -8.94. The fourth-order valence-electron chi connectivity index (χ4n) is 6.20. The average molecular weight is 775 g/mol. The van der Waals surface area contributed by atoms with E-state index in [1.54, 1.807) is 24.3 Å². The van der Waals surface area contributed by atoms with Gasteiger partial charge in [0, 0.05) is 56.3 Å². The SMILES string of the molecule is Nc1cc(Oc2c(C#Cc3ccccc3)c(C#Cc3ccccc3)cc3c(Oc4ccc(O)c(N)c4)c(C#Cc4ccccc4)c(C#Cc4ccccc4)cc23)ccc1O. The third kappa shape index (κ3) is 8.86. The molecule has 0 bridgehead atoms. The zero-order valence-corrected chi connectivity index (χ0v) is 32.0. The van der Waals surface area contributed by atoms with Gasteiger partial charge in [-0.1, -0.05) is 120 Å². The van der Waals surface area contributed by atoms with E-state index in [2.05, 4.69) is 47.4 Å². The summed E-state index contributed by atoms with van der Waals surface area (Å²) in [5.74, 6) is 28.0. The van der Waals surface area contributed by atoms with Gasteiger partial charge in [0.1, 0.15) is 23.0 Å². The number of benzene rings is 8. The van der Waals surface area contributed by atoms with Crippen molar-refractivity contribution in [2.45, 2.75) is 0 Å². The first-order valence-corrected chi connectivity index (χ1v) is 18.9. The van der Waals surface area contributed by atoms with Crippen LogP contribution in [0.15, 0.2) is 170 Å². The maximum atomic E-state index is 10.3. The third-order valence-corrected chi connectivity index (χ3v) is 9.23. The van der Waals surface area contributed by atoms with Crippen LogP contribution in [0.25, 0.3) is 10.8 Å². The lowest BCUT2D eigenvalue weighted by molar-refractivity contribution is 0.466. The minimum absolute atomic E-state index is 0.0808. The monoisotopic (exact) mass is 774 g/mol. The Morgan fingerprint density at radius 1 is 0.350 bits per heavy atom. The standard InChI is InChI=1S/C54H34N2O4/c55-49-35-43(27-31-51(49)57)59-53-45(29-23-39-17-9-3-10-18-39)41(25-21-37-13-5-1-6-14-37)33-47-48(53)34-42(26-22-38-15-7-2-8-16-38)46(30-24-40-19-11-4-12-20-40)54(47)60-44-28-32-52(58)50(56)36-44/h1-20,27-28,31-36,57-58H,55-56H2. The quantitative estimate of drug-likeness (QED) is 0.0805. The average Bonchev–Trinajstić information content (AvgIpc) is 3.28. The Balaban J connectivity index is 1.51. The second kappa shape index (κ2) is 17.5. The van der Waals surface area contributed by atoms with Gasteiger partial charge < -0.3 is 31.2 Å². The number of nitrogen functional groups attached to an aromatic ring is 2. The fraction of sp³-hybridized carbons (Fsp3) is 0. The molecule has 0 unspecified atom stereocenters. The number of anilines is 2. The molecule has 6 heteroatoms. The molecule has 0 atom stereocenters. The van der Waals surface area contributed by atoms with E-state index in [1.807, 2.05) is 133 Å². The highest BCUT2D eigenvalue weighted by molar-refractivity contribution is 6.00. The van der Waals surface area contributed by atoms with Crippen molar-refractivity contribution < 1.29 is 19.7 Å². The second-order valence-corrected chi connectivity index (χ2v) is 13.5. The molecule has 0 heterocycles. The van der Waals surface area contributed by atoms with E-state index in [0.29, 0.717) is 56.0 Å². The van der Waals surface area contributed by atoms with Crippen LogP contribution in [0, 0.1) is 47.4 Å². The van der Waals surface area contributed by atoms with Crippen molar-refractivity contribution in [1.29, 1.82) is 0 Å². The summed E-state index contributed by atoms with van der Waals surface area (Å²) in [6.07, 6.45) is 0. The minimum atomic E-state index is -0.0808. The number of nitrogens with two attached hydrogens (primary N) is 2. The molecule has 8 aromatic rings. The van der Waals surface area contributed by atoms with Gasteiger partial charge in [-0.2, -0.15) is 0 Å². The first-order valence-electron chi connectivity index (χ1n) is 18.9. The maximum absolute atomic E-state index is 10.3. The molecule has 0 aliphatic carbocycles. The van der Waals surface area contributed by atoms with Crippen molar-refractivity contribution in [3.8, 4) is 81.9 Å². The molecule has 284 valence electrons. The molecule has 60 heavy (non-hydrogen) atoms. The molecule has 0 amide bonds. The minimum Gasteiger partial charge on any atom is -0.506 e. The van der Waals surface area contributed by atoms with Gasteiger partial charge in [-0.05, 0) is 84.9 Å². The van der Waals surface area contributed by atoms with E-state index in [4.69, 9.17) is 20.9 Å². The zero-order chi connectivity index (χ0) is 41.3. The first kappa shape index (κ1) is 38.0. The molecule has 0 aliphatic heterocycles. The molecule has 6 N–H and O–H groups in total. The highest BCUT2D eigenvalue weighted by Gasteiger charge is 2.22. The summed E-state index contributed by atoms with van der Waals surface area (Å²) in [6, 6.07) is 51.7. The number of phenols is 2. The predicted molar refractivity (Wildman–Crippen MR) is 239 cm³/mol. The normalized spacial score (nSPS) is 10.1. The Labute approximate surface area is 348 Å². The van der Waals surface area contributed by atoms with Crippen molar-refractivity contribution in [1.82, 2.24) is 0 Å². The number of phenolic OH excluding ortho intramolecular Hbond substituents is 2. The van der Waals surface area contributed by atoms with Crippen molar-refractivity contribution in [3.05, 3.63) is 214 Å². The summed E-state index contributed by atoms with van der Waals surface area (Å²) >= 11 is 0. The van der Waals surface area contributed by atoms with Crippen LogP contribution in [0.1, 0.15) is 44.5 Å². The van der Waals surface area contributed by atoms with Crippen molar-refractivity contribution in [2.24, 2.45) is 0 Å². The summed E-state index contributed by atoms with van der Waals surface area (Å²) in [4.78, 5) is 0. The van der Waals surface area contributed by atoms with Gasteiger partial charge in [0.25, 0.3) is 0 Å². The van der Waals surface area contributed by atoms with Crippen molar-refractivity contribution in [2.75, 3.05) is 11.5 Å². The molecule has 8 aromatic carbocycles. The number of hydrogen-bond donors (Lipinski definition) is 4. The maximum Gasteiger partial charge on any atom is 0.152 e. The molecular weight excluding hydrogens is 741 g/mol. The highest BCUT2D eigenvalue weighted by atomic mass is 16.5. The summed E-state index contributed by atoms with van der Waals surface area (Å²) in [7, 11) is 0. The lowest BCUT2D eigenvalue weighted by atomic mass is 9.93. The lowest BCUT2D eigenvalue weighted by Crippen LogP contribution is -2.00. The first-order chi connectivity index (χ1) is 29.4. The molecular formula is C54H34N2O4. The van der Waals surface area contributed by atoms with Gasteiger partial charge >= 0.3 is 0 Å². The van der Waals surface area contributed by atoms with Gasteiger partial charge in [-0.3, -0.25) is 0 Å². The van der Waals surface area contributed by atoms with E-state index >= 15 is 0 Å². The molecule has 0 radical (unpaired) electrons. The van der Waals surface area contributed by atoms with Gasteiger partial charge in [0.05, 0.1) is 22.5 Å². The van der Waals surface area contributed by atoms with Gasteiger partial charge in [0.2, 0.25) is 0 Å². The Kier molecular flexibility index (Phi) is 11.0. The van der Waals surface area contributed by atoms with E-state index in [9.17, 15) is 10.2 Å². The zero-order valence-electron chi connectivity index (χ0n) is 32.0. The van der Waals surface area contributed by atoms with Crippen LogP contribution < -0.4 is 20.9 Å². The van der Waals surface area contributed by atoms with E-state index in [1.165, 1.54) is 12.1 Å². The van der Waals surface area contributed by atoms with Crippen molar-refractivity contribution in [3.63, 3.8) is 0 Å². The van der Waals surface area contributed by atoms with Gasteiger partial charge in [0.15, 0.2) is 11.5 Å². The molecule has 0 spiro atoms. The van der Waals surface area contributed by atoms with Gasteiger partial charge in [-0.25, -0.2) is 0 Å². The Morgan fingerprint density at radius 2 is 0.667 bits per heavy atom. The summed E-state index contributed by atoms with van der Waals surface area (Å²) in [5, 5.41) is 21.8. The van der Waals surface area contributed by atoms with Crippen LogP contribution >= 0.6 is 0 Å². The smallest absolute Gasteiger partial charge is 0.152 e. The topological polar surface area (TPSA) is 111 Å². The number of aromatic hydroxyl groups is 2. The van der Waals surface area contributed by atoms with E-state index in [-0.39, 0.29) is 22.9 Å². The van der Waals surface area contributed by atoms with Crippen molar-refractivity contribution >= 4 is 22.1 Å². The summed E-state index contributed by atoms with van der Waals surface area (Å²) < 4.78 is 13.6. The number of hydrogen-bond acceptors (Lipinski definition) is 6. The molecule has 0 saturated carbocycles. The second-order valence-electron chi connectivity index (χ2n) is 13.5. The van der Waals surface area contributed by atoms with Gasteiger partial charge in [-0.15, -0.1) is 0 Å². The number of fused-ring (bicyclic) bond motifs is 1. The molecule has 0 aliphatic rings. The third-order valence-electron chi connectivity index (χ3n) is 9.23. The van der Waals surface area contributed by atoms with Crippen LogP contribution in [0.2, 0.25) is 0 Å². The van der Waals surface area contributed by atoms with Crippen LogP contribution in [0.5, 0.6) is 34.5 Å². The Morgan fingerprint density at radius 3 is 0.983 bits per heavy atom. The largest absolute Gasteiger partial charge is 0.506 e. The highest BCUT2D eigenvalue weighted by Crippen LogP contribution is 2.44. The number of rotatable bonds is 4. The van der Waals surface area contributed by atoms with E-state index in [0.717, 1.165) is 22.3 Å². The fourth-order valence-corrected chi connectivity index (χ4v) is 6.20. The molecule has 0 aromatic heterocycles. The van der Waals surface area contributed by atoms with Crippen LogP contribution in [-0.2, 0) is 0 Å². The van der Waals surface area contributed by atoms with E-state index < -0.39 is 0 Å². The van der Waals surface area contributed by atoms with Crippen LogP contribution in [0.4, 0.5) is 11.4 Å². The predicted octanol–water partition coefficient (Wildman–Crippen LogP) is 10.6. The molecule has 8 rings (SSSR count). The molecule has 6 nitrogen and oxygen atoms in total. The molecule has 0 saturated heterocycles.